The molecular formula is C22H18O4. The standard InChI is InChI=1S/C22H18O4/c1-15(23)19-13-20(16(2)24)22(26-18-11-7-4-8-12-18)14-21(19)25-17-9-5-3-6-10-17/h3-14H,1-2H3. The van der Waals surface area contributed by atoms with Gasteiger partial charge in [-0.2, -0.15) is 0 Å². The minimum Gasteiger partial charge on any atom is -0.456 e. The molecule has 4 nitrogen and oxygen atoms in total. The van der Waals surface area contributed by atoms with Crippen LogP contribution in [-0.4, -0.2) is 11.6 Å². The van der Waals surface area contributed by atoms with Crippen LogP contribution in [0, 0.1) is 0 Å². The normalized spacial score (nSPS) is 10.2. The first kappa shape index (κ1) is 17.4. The molecule has 0 N–H and O–H groups in total. The summed E-state index contributed by atoms with van der Waals surface area (Å²) in [5.74, 6) is 1.50. The molecule has 4 heteroatoms. The van der Waals surface area contributed by atoms with Crippen LogP contribution in [-0.2, 0) is 0 Å². The van der Waals surface area contributed by atoms with Crippen molar-refractivity contribution >= 4 is 11.6 Å². The quantitative estimate of drug-likeness (QED) is 0.539. The van der Waals surface area contributed by atoms with Gasteiger partial charge in [0.1, 0.15) is 23.0 Å². The second kappa shape index (κ2) is 7.66. The topological polar surface area (TPSA) is 52.6 Å². The highest BCUT2D eigenvalue weighted by Gasteiger charge is 2.19. The van der Waals surface area contributed by atoms with Gasteiger partial charge < -0.3 is 9.47 Å². The summed E-state index contributed by atoms with van der Waals surface area (Å²) in [7, 11) is 0. The van der Waals surface area contributed by atoms with E-state index in [4.69, 9.17) is 9.47 Å². The molecule has 130 valence electrons. The summed E-state index contributed by atoms with van der Waals surface area (Å²) in [4.78, 5) is 24.1. The zero-order valence-electron chi connectivity index (χ0n) is 14.6. The van der Waals surface area contributed by atoms with E-state index in [1.54, 1.807) is 30.3 Å². The zero-order chi connectivity index (χ0) is 18.5. The third-order valence-electron chi connectivity index (χ3n) is 3.78. The Morgan fingerprint density at radius 2 is 1.00 bits per heavy atom. The van der Waals surface area contributed by atoms with Crippen molar-refractivity contribution in [2.24, 2.45) is 0 Å². The largest absolute Gasteiger partial charge is 0.456 e. The summed E-state index contributed by atoms with van der Waals surface area (Å²) >= 11 is 0. The van der Waals surface area contributed by atoms with Crippen LogP contribution in [0.25, 0.3) is 0 Å². The van der Waals surface area contributed by atoms with Crippen molar-refractivity contribution < 1.29 is 19.1 Å². The molecule has 0 unspecified atom stereocenters. The summed E-state index contributed by atoms with van der Waals surface area (Å²) in [6.45, 7) is 2.88. The molecule has 0 saturated heterocycles. The number of hydrogen-bond acceptors (Lipinski definition) is 4. The molecule has 0 radical (unpaired) electrons. The average molecular weight is 346 g/mol. The number of carbonyl (C=O) groups excluding carboxylic acids is 2. The Hall–Kier alpha value is -3.40. The molecule has 0 bridgehead atoms. The lowest BCUT2D eigenvalue weighted by molar-refractivity contribution is 0.101. The van der Waals surface area contributed by atoms with Crippen molar-refractivity contribution in [3.8, 4) is 23.0 Å². The van der Waals surface area contributed by atoms with Crippen molar-refractivity contribution in [2.45, 2.75) is 13.8 Å². The Morgan fingerprint density at radius 1 is 0.615 bits per heavy atom. The molecule has 0 saturated carbocycles. The Labute approximate surface area is 152 Å². The van der Waals surface area contributed by atoms with E-state index in [0.717, 1.165) is 0 Å². The number of benzene rings is 3. The number of Topliss-reactive ketones (excluding diaryl/α,β-unsaturated/α-hetero) is 2. The number of para-hydroxylation sites is 2. The van der Waals surface area contributed by atoms with E-state index in [1.807, 2.05) is 36.4 Å². The molecule has 26 heavy (non-hydrogen) atoms. The molecule has 0 fully saturated rings. The summed E-state index contributed by atoms with van der Waals surface area (Å²) < 4.78 is 11.7. The Morgan fingerprint density at radius 3 is 1.35 bits per heavy atom. The molecule has 0 heterocycles. The third-order valence-corrected chi connectivity index (χ3v) is 3.78. The van der Waals surface area contributed by atoms with Crippen molar-refractivity contribution in [1.29, 1.82) is 0 Å². The monoisotopic (exact) mass is 346 g/mol. The van der Waals surface area contributed by atoms with Gasteiger partial charge in [0.2, 0.25) is 0 Å². The molecule has 0 aliphatic heterocycles. The summed E-state index contributed by atoms with van der Waals surface area (Å²) in [5, 5.41) is 0. The average Bonchev–Trinajstić information content (AvgIpc) is 2.63. The fourth-order valence-electron chi connectivity index (χ4n) is 2.51. The molecule has 3 aromatic carbocycles. The van der Waals surface area contributed by atoms with E-state index in [9.17, 15) is 9.59 Å². The third kappa shape index (κ3) is 3.98. The van der Waals surface area contributed by atoms with Gasteiger partial charge in [0.05, 0.1) is 11.1 Å². The van der Waals surface area contributed by atoms with Crippen LogP contribution in [0.1, 0.15) is 34.6 Å². The lowest BCUT2D eigenvalue weighted by Gasteiger charge is -2.15. The van der Waals surface area contributed by atoms with Gasteiger partial charge in [-0.3, -0.25) is 9.59 Å². The lowest BCUT2D eigenvalue weighted by Crippen LogP contribution is -2.04. The van der Waals surface area contributed by atoms with Crippen LogP contribution in [0.5, 0.6) is 23.0 Å². The van der Waals surface area contributed by atoms with E-state index < -0.39 is 0 Å². The number of ether oxygens (including phenoxy) is 2. The molecule has 0 aliphatic rings. The maximum Gasteiger partial charge on any atom is 0.163 e. The van der Waals surface area contributed by atoms with Crippen LogP contribution < -0.4 is 9.47 Å². The van der Waals surface area contributed by atoms with Gasteiger partial charge >= 0.3 is 0 Å². The molecule has 0 atom stereocenters. The summed E-state index contributed by atoms with van der Waals surface area (Å²) in [6, 6.07) is 21.4. The zero-order valence-corrected chi connectivity index (χ0v) is 14.6. The minimum absolute atomic E-state index is 0.190. The van der Waals surface area contributed by atoms with Gasteiger partial charge in [0.25, 0.3) is 0 Å². The molecule has 3 rings (SSSR count). The van der Waals surface area contributed by atoms with Gasteiger partial charge in [-0.1, -0.05) is 36.4 Å². The van der Waals surface area contributed by atoms with Crippen molar-refractivity contribution in [3.63, 3.8) is 0 Å². The van der Waals surface area contributed by atoms with E-state index in [1.165, 1.54) is 19.9 Å². The predicted octanol–water partition coefficient (Wildman–Crippen LogP) is 5.68. The molecule has 0 spiro atoms. The molecule has 0 aromatic heterocycles. The van der Waals surface area contributed by atoms with Crippen LogP contribution in [0.3, 0.4) is 0 Å². The van der Waals surface area contributed by atoms with Crippen LogP contribution in [0.15, 0.2) is 72.8 Å². The SMILES string of the molecule is CC(=O)c1cc(C(C)=O)c(Oc2ccccc2)cc1Oc1ccccc1. The lowest BCUT2D eigenvalue weighted by atomic mass is 10.0. The van der Waals surface area contributed by atoms with E-state index in [-0.39, 0.29) is 11.6 Å². The molecule has 0 amide bonds. The minimum atomic E-state index is -0.190. The Balaban J connectivity index is 2.08. The van der Waals surface area contributed by atoms with Gasteiger partial charge in [-0.15, -0.1) is 0 Å². The van der Waals surface area contributed by atoms with Crippen LogP contribution >= 0.6 is 0 Å². The highest BCUT2D eigenvalue weighted by atomic mass is 16.5. The van der Waals surface area contributed by atoms with Gasteiger partial charge in [-0.05, 0) is 44.2 Å². The number of rotatable bonds is 6. The Bertz CT molecular complexity index is 856. The molecular weight excluding hydrogens is 328 g/mol. The van der Waals surface area contributed by atoms with Gasteiger partial charge in [-0.25, -0.2) is 0 Å². The van der Waals surface area contributed by atoms with Gasteiger partial charge in [0.15, 0.2) is 11.6 Å². The number of carbonyl (C=O) groups is 2. The smallest absolute Gasteiger partial charge is 0.163 e. The van der Waals surface area contributed by atoms with Gasteiger partial charge in [0, 0.05) is 6.07 Å². The maximum absolute atomic E-state index is 12.1. The maximum atomic E-state index is 12.1. The highest BCUT2D eigenvalue weighted by Crippen LogP contribution is 2.35. The highest BCUT2D eigenvalue weighted by molar-refractivity contribution is 6.03. The van der Waals surface area contributed by atoms with E-state index in [2.05, 4.69) is 0 Å². The molecule has 0 aliphatic carbocycles. The van der Waals surface area contributed by atoms with Crippen LogP contribution in [0.4, 0.5) is 0 Å². The van der Waals surface area contributed by atoms with Crippen LogP contribution in [0.2, 0.25) is 0 Å². The van der Waals surface area contributed by atoms with E-state index >= 15 is 0 Å². The van der Waals surface area contributed by atoms with Crippen molar-refractivity contribution in [3.05, 3.63) is 83.9 Å². The predicted molar refractivity (Wildman–Crippen MR) is 99.5 cm³/mol. The Kier molecular flexibility index (Phi) is 5.13. The molecule has 3 aromatic rings. The first-order chi connectivity index (χ1) is 12.5. The second-order valence-electron chi connectivity index (χ2n) is 5.79. The second-order valence-corrected chi connectivity index (χ2v) is 5.79. The van der Waals surface area contributed by atoms with Crippen molar-refractivity contribution in [1.82, 2.24) is 0 Å². The first-order valence-corrected chi connectivity index (χ1v) is 8.20. The fourth-order valence-corrected chi connectivity index (χ4v) is 2.51. The number of ketones is 2. The first-order valence-electron chi connectivity index (χ1n) is 8.20. The number of hydrogen-bond donors (Lipinski definition) is 0. The van der Waals surface area contributed by atoms with E-state index in [0.29, 0.717) is 34.1 Å². The fraction of sp³-hybridized carbons (Fsp3) is 0.0909. The van der Waals surface area contributed by atoms with Crippen molar-refractivity contribution in [2.75, 3.05) is 0 Å². The summed E-state index contributed by atoms with van der Waals surface area (Å²) in [6.07, 6.45) is 0. The summed E-state index contributed by atoms with van der Waals surface area (Å²) in [5.41, 5.74) is 0.666.